The molecule has 0 spiro atoms. The number of hydrogen-bond acceptors (Lipinski definition) is 2. The lowest BCUT2D eigenvalue weighted by Crippen LogP contribution is -2.37. The number of allylic oxidation sites excluding steroid dienone is 1. The second kappa shape index (κ2) is 5.30. The Labute approximate surface area is 87.7 Å². The molecule has 0 radical (unpaired) electrons. The summed E-state index contributed by atoms with van der Waals surface area (Å²) in [5.41, 5.74) is 1.47. The van der Waals surface area contributed by atoms with Gasteiger partial charge >= 0.3 is 0 Å². The van der Waals surface area contributed by atoms with Gasteiger partial charge in [0.05, 0.1) is 6.54 Å². The highest BCUT2D eigenvalue weighted by Gasteiger charge is 2.13. The van der Waals surface area contributed by atoms with Gasteiger partial charge in [-0.3, -0.25) is 9.89 Å². The summed E-state index contributed by atoms with van der Waals surface area (Å²) < 4.78 is 0. The van der Waals surface area contributed by atoms with E-state index in [9.17, 15) is 0 Å². The number of nitrogens with zero attached hydrogens (tertiary/aromatic N) is 2. The monoisotopic (exact) mass is 194 g/mol. The van der Waals surface area contributed by atoms with Crippen molar-refractivity contribution in [2.24, 2.45) is 4.99 Å². The zero-order valence-corrected chi connectivity index (χ0v) is 9.83. The minimum Gasteiger partial charge on any atom is -0.298 e. The van der Waals surface area contributed by atoms with Crippen LogP contribution in [0, 0.1) is 0 Å². The van der Waals surface area contributed by atoms with Gasteiger partial charge in [-0.15, -0.1) is 0 Å². The predicted octanol–water partition coefficient (Wildman–Crippen LogP) is 2.51. The van der Waals surface area contributed by atoms with Crippen LogP contribution in [0.4, 0.5) is 0 Å². The van der Waals surface area contributed by atoms with Crippen molar-refractivity contribution < 1.29 is 0 Å². The number of hydrogen-bond donors (Lipinski definition) is 0. The average Bonchev–Trinajstić information content (AvgIpc) is 2.55. The third-order valence-corrected chi connectivity index (χ3v) is 2.73. The van der Waals surface area contributed by atoms with E-state index in [1.807, 2.05) is 6.21 Å². The lowest BCUT2D eigenvalue weighted by atomic mass is 10.1. The van der Waals surface area contributed by atoms with Gasteiger partial charge in [-0.05, 0) is 45.8 Å². The van der Waals surface area contributed by atoms with E-state index in [-0.39, 0.29) is 0 Å². The van der Waals surface area contributed by atoms with Gasteiger partial charge in [0, 0.05) is 24.8 Å². The van der Waals surface area contributed by atoms with Crippen molar-refractivity contribution in [1.29, 1.82) is 0 Å². The van der Waals surface area contributed by atoms with Crippen molar-refractivity contribution in [3.8, 4) is 0 Å². The molecule has 0 bridgehead atoms. The number of rotatable bonds is 5. The first-order chi connectivity index (χ1) is 6.61. The molecule has 0 aromatic rings. The van der Waals surface area contributed by atoms with Crippen LogP contribution in [0.15, 0.2) is 16.6 Å². The molecule has 0 aromatic heterocycles. The average molecular weight is 194 g/mol. The molecule has 0 aliphatic carbocycles. The van der Waals surface area contributed by atoms with Crippen LogP contribution in [-0.2, 0) is 0 Å². The molecular weight excluding hydrogens is 172 g/mol. The van der Waals surface area contributed by atoms with Crippen LogP contribution < -0.4 is 0 Å². The fourth-order valence-corrected chi connectivity index (χ4v) is 1.93. The van der Waals surface area contributed by atoms with E-state index < -0.39 is 0 Å². The minimum atomic E-state index is 0.637. The lowest BCUT2D eigenvalue weighted by molar-refractivity contribution is 0.177. The quantitative estimate of drug-likeness (QED) is 0.656. The van der Waals surface area contributed by atoms with Gasteiger partial charge in [-0.2, -0.15) is 0 Å². The second-order valence-corrected chi connectivity index (χ2v) is 4.49. The molecule has 0 fully saturated rings. The number of aliphatic imine (C=N–C) groups is 1. The Hall–Kier alpha value is -0.630. The van der Waals surface area contributed by atoms with Crippen LogP contribution in [0.25, 0.3) is 0 Å². The van der Waals surface area contributed by atoms with Gasteiger partial charge in [0.15, 0.2) is 0 Å². The Bertz CT molecular complexity index is 218. The summed E-state index contributed by atoms with van der Waals surface area (Å²) in [5, 5.41) is 0. The molecular formula is C12H22N2. The van der Waals surface area contributed by atoms with E-state index in [1.54, 1.807) is 0 Å². The largest absolute Gasteiger partial charge is 0.298 e. The minimum absolute atomic E-state index is 0.637. The fraction of sp³-hybridized carbons (Fsp3) is 0.750. The first kappa shape index (κ1) is 11.4. The van der Waals surface area contributed by atoms with E-state index in [2.05, 4.69) is 43.7 Å². The summed E-state index contributed by atoms with van der Waals surface area (Å²) in [5.74, 6) is 0. The van der Waals surface area contributed by atoms with Crippen molar-refractivity contribution in [3.05, 3.63) is 11.6 Å². The van der Waals surface area contributed by atoms with E-state index in [1.165, 1.54) is 5.57 Å². The molecule has 0 aromatic carbocycles. The Morgan fingerprint density at radius 3 is 2.36 bits per heavy atom. The molecule has 0 saturated carbocycles. The molecule has 2 nitrogen and oxygen atoms in total. The molecule has 0 amide bonds. The zero-order chi connectivity index (χ0) is 10.6. The van der Waals surface area contributed by atoms with E-state index in [4.69, 9.17) is 0 Å². The third kappa shape index (κ3) is 3.26. The van der Waals surface area contributed by atoms with Gasteiger partial charge in [-0.1, -0.05) is 0 Å². The van der Waals surface area contributed by atoms with Gasteiger partial charge in [0.25, 0.3) is 0 Å². The Morgan fingerprint density at radius 1 is 1.29 bits per heavy atom. The Morgan fingerprint density at radius 2 is 1.93 bits per heavy atom. The van der Waals surface area contributed by atoms with Gasteiger partial charge in [-0.25, -0.2) is 0 Å². The molecule has 2 heteroatoms. The summed E-state index contributed by atoms with van der Waals surface area (Å²) in [6.07, 6.45) is 5.24. The van der Waals surface area contributed by atoms with Crippen molar-refractivity contribution in [1.82, 2.24) is 4.90 Å². The summed E-state index contributed by atoms with van der Waals surface area (Å²) in [4.78, 5) is 6.72. The fourth-order valence-electron chi connectivity index (χ4n) is 1.93. The molecule has 1 rings (SSSR count). The van der Waals surface area contributed by atoms with Crippen LogP contribution in [0.1, 0.15) is 34.1 Å². The maximum Gasteiger partial charge on any atom is 0.0603 e. The van der Waals surface area contributed by atoms with Crippen molar-refractivity contribution in [2.45, 2.75) is 46.2 Å². The molecule has 0 unspecified atom stereocenters. The summed E-state index contributed by atoms with van der Waals surface area (Å²) in [7, 11) is 0. The molecule has 1 aliphatic rings. The Balaban J connectivity index is 2.33. The molecule has 0 saturated heterocycles. The molecule has 1 heterocycles. The van der Waals surface area contributed by atoms with Crippen LogP contribution in [0.5, 0.6) is 0 Å². The molecule has 14 heavy (non-hydrogen) atoms. The van der Waals surface area contributed by atoms with Crippen molar-refractivity contribution in [3.63, 3.8) is 0 Å². The first-order valence-corrected chi connectivity index (χ1v) is 5.55. The van der Waals surface area contributed by atoms with E-state index in [0.29, 0.717) is 12.1 Å². The zero-order valence-electron chi connectivity index (χ0n) is 9.83. The molecule has 80 valence electrons. The van der Waals surface area contributed by atoms with Crippen LogP contribution in [-0.4, -0.2) is 36.3 Å². The van der Waals surface area contributed by atoms with Crippen LogP contribution in [0.3, 0.4) is 0 Å². The van der Waals surface area contributed by atoms with Gasteiger partial charge < -0.3 is 0 Å². The normalized spacial score (nSPS) is 16.1. The summed E-state index contributed by atoms with van der Waals surface area (Å²) >= 11 is 0. The second-order valence-electron chi connectivity index (χ2n) is 4.49. The topological polar surface area (TPSA) is 15.6 Å². The molecule has 0 N–H and O–H groups in total. The summed E-state index contributed by atoms with van der Waals surface area (Å²) in [6, 6.07) is 1.27. The highest BCUT2D eigenvalue weighted by atomic mass is 15.2. The molecule has 1 aliphatic heterocycles. The van der Waals surface area contributed by atoms with E-state index >= 15 is 0 Å². The first-order valence-electron chi connectivity index (χ1n) is 5.55. The van der Waals surface area contributed by atoms with Gasteiger partial charge in [0.2, 0.25) is 0 Å². The van der Waals surface area contributed by atoms with Crippen LogP contribution >= 0.6 is 0 Å². The molecule has 0 atom stereocenters. The maximum atomic E-state index is 4.20. The predicted molar refractivity (Wildman–Crippen MR) is 63.0 cm³/mol. The highest BCUT2D eigenvalue weighted by Crippen LogP contribution is 2.11. The third-order valence-electron chi connectivity index (χ3n) is 2.73. The van der Waals surface area contributed by atoms with Crippen LogP contribution in [0.2, 0.25) is 0 Å². The maximum absolute atomic E-state index is 4.20. The van der Waals surface area contributed by atoms with E-state index in [0.717, 1.165) is 19.5 Å². The highest BCUT2D eigenvalue weighted by molar-refractivity contribution is 5.75. The smallest absolute Gasteiger partial charge is 0.0603 e. The Kier molecular flexibility index (Phi) is 4.33. The SMILES string of the molecule is CC(C)N(CCC1=CC=NC1)C(C)C. The standard InChI is InChI=1S/C12H22N2/c1-10(2)14(11(3)4)8-6-12-5-7-13-9-12/h5,7,10-11H,6,8-9H2,1-4H3. The lowest BCUT2D eigenvalue weighted by Gasteiger charge is -2.30. The summed E-state index contributed by atoms with van der Waals surface area (Å²) in [6.45, 7) is 11.1. The van der Waals surface area contributed by atoms with Crippen molar-refractivity contribution in [2.75, 3.05) is 13.1 Å². The van der Waals surface area contributed by atoms with Crippen molar-refractivity contribution >= 4 is 6.21 Å². The van der Waals surface area contributed by atoms with Gasteiger partial charge in [0.1, 0.15) is 0 Å².